The Labute approximate surface area is 217 Å². The van der Waals surface area contributed by atoms with Gasteiger partial charge >= 0.3 is 0 Å². The molecule has 1 aliphatic heterocycles. The van der Waals surface area contributed by atoms with E-state index in [2.05, 4.69) is 24.1 Å². The Morgan fingerprint density at radius 1 is 1.03 bits per heavy atom. The Morgan fingerprint density at radius 2 is 1.75 bits per heavy atom. The average Bonchev–Trinajstić information content (AvgIpc) is 3.34. The van der Waals surface area contributed by atoms with Gasteiger partial charge < -0.3 is 19.5 Å². The quantitative estimate of drug-likeness (QED) is 0.385. The third kappa shape index (κ3) is 6.58. The molecule has 1 saturated heterocycles. The van der Waals surface area contributed by atoms with E-state index < -0.39 is 0 Å². The highest BCUT2D eigenvalue weighted by Crippen LogP contribution is 2.27. The lowest BCUT2D eigenvalue weighted by Crippen LogP contribution is -2.49. The minimum atomic E-state index is -0.239. The number of halogens is 1. The van der Waals surface area contributed by atoms with Crippen molar-refractivity contribution in [2.75, 3.05) is 36.4 Å². The van der Waals surface area contributed by atoms with Gasteiger partial charge in [0.25, 0.3) is 0 Å². The van der Waals surface area contributed by atoms with Crippen LogP contribution in [0.5, 0.6) is 0 Å². The van der Waals surface area contributed by atoms with Crippen LogP contribution in [0.4, 0.5) is 11.4 Å². The lowest BCUT2D eigenvalue weighted by atomic mass is 10.1. The molecule has 0 radical (unpaired) electrons. The Kier molecular flexibility index (Phi) is 8.16. The highest BCUT2D eigenvalue weighted by molar-refractivity contribution is 6.31. The molecule has 36 heavy (non-hydrogen) atoms. The second-order valence-electron chi connectivity index (χ2n) is 9.50. The minimum Gasteiger partial charge on any atom is -0.457 e. The molecule has 1 aromatic heterocycles. The first-order valence-electron chi connectivity index (χ1n) is 12.3. The van der Waals surface area contributed by atoms with Crippen molar-refractivity contribution in [1.29, 1.82) is 0 Å². The molecule has 6 nitrogen and oxygen atoms in total. The summed E-state index contributed by atoms with van der Waals surface area (Å²) in [4.78, 5) is 28.9. The number of furan rings is 1. The standard InChI is InChI=1S/C29H32ClN3O3/c1-20(2)18-29(35)33-16-14-32(15-17-33)24-8-6-23(7-9-24)31-28(34)13-11-25-10-12-27(36-25)22-5-4-21(3)26(30)19-22/h4-13,19-20H,14-18H2,1-3H3,(H,31,34)/b13-11+. The summed E-state index contributed by atoms with van der Waals surface area (Å²) in [6, 6.07) is 17.2. The van der Waals surface area contributed by atoms with Gasteiger partial charge in [-0.25, -0.2) is 0 Å². The normalized spacial score (nSPS) is 14.0. The monoisotopic (exact) mass is 505 g/mol. The van der Waals surface area contributed by atoms with E-state index in [0.29, 0.717) is 34.6 Å². The number of aryl methyl sites for hydroxylation is 1. The molecule has 188 valence electrons. The zero-order valence-corrected chi connectivity index (χ0v) is 21.7. The molecule has 2 amide bonds. The van der Waals surface area contributed by atoms with Gasteiger partial charge in [-0.15, -0.1) is 0 Å². The molecule has 1 N–H and O–H groups in total. The van der Waals surface area contributed by atoms with Crippen molar-refractivity contribution in [3.05, 3.63) is 77.0 Å². The molecule has 0 saturated carbocycles. The molecule has 0 spiro atoms. The Bertz CT molecular complexity index is 1240. The van der Waals surface area contributed by atoms with E-state index >= 15 is 0 Å². The van der Waals surface area contributed by atoms with Gasteiger partial charge in [0.05, 0.1) is 0 Å². The number of hydrogen-bond donors (Lipinski definition) is 1. The third-order valence-electron chi connectivity index (χ3n) is 6.20. The fraction of sp³-hybridized carbons (Fsp3) is 0.310. The van der Waals surface area contributed by atoms with Crippen LogP contribution in [0.25, 0.3) is 17.4 Å². The highest BCUT2D eigenvalue weighted by atomic mass is 35.5. The second-order valence-corrected chi connectivity index (χ2v) is 9.91. The van der Waals surface area contributed by atoms with E-state index in [1.54, 1.807) is 6.08 Å². The lowest BCUT2D eigenvalue weighted by molar-refractivity contribution is -0.132. The number of benzene rings is 2. The fourth-order valence-electron chi connectivity index (χ4n) is 4.13. The SMILES string of the molecule is Cc1ccc(-c2ccc(/C=C/C(=O)Nc3ccc(N4CCN(C(=O)CC(C)C)CC4)cc3)o2)cc1Cl. The zero-order chi connectivity index (χ0) is 25.7. The van der Waals surface area contributed by atoms with Crippen molar-refractivity contribution in [1.82, 2.24) is 4.90 Å². The maximum Gasteiger partial charge on any atom is 0.248 e. The van der Waals surface area contributed by atoms with Gasteiger partial charge in [0.15, 0.2) is 0 Å². The van der Waals surface area contributed by atoms with Crippen LogP contribution in [-0.4, -0.2) is 42.9 Å². The van der Waals surface area contributed by atoms with Crippen LogP contribution in [0.3, 0.4) is 0 Å². The molecule has 0 aliphatic carbocycles. The van der Waals surface area contributed by atoms with E-state index in [1.807, 2.05) is 66.4 Å². The van der Waals surface area contributed by atoms with Crippen LogP contribution in [0.2, 0.25) is 5.02 Å². The molecular weight excluding hydrogens is 474 g/mol. The van der Waals surface area contributed by atoms with Gasteiger partial charge in [-0.1, -0.05) is 37.6 Å². The van der Waals surface area contributed by atoms with Crippen molar-refractivity contribution < 1.29 is 14.0 Å². The predicted octanol–water partition coefficient (Wildman–Crippen LogP) is 6.26. The van der Waals surface area contributed by atoms with Crippen molar-refractivity contribution >= 4 is 40.9 Å². The molecule has 0 atom stereocenters. The number of carbonyl (C=O) groups is 2. The topological polar surface area (TPSA) is 65.8 Å². The summed E-state index contributed by atoms with van der Waals surface area (Å²) in [6.45, 7) is 9.17. The molecule has 0 unspecified atom stereocenters. The van der Waals surface area contributed by atoms with Crippen molar-refractivity contribution in [2.24, 2.45) is 5.92 Å². The minimum absolute atomic E-state index is 0.237. The maximum atomic E-state index is 12.4. The van der Waals surface area contributed by atoms with Gasteiger partial charge in [0, 0.05) is 60.6 Å². The van der Waals surface area contributed by atoms with Crippen LogP contribution in [0, 0.1) is 12.8 Å². The smallest absolute Gasteiger partial charge is 0.248 e. The molecule has 1 fully saturated rings. The number of amides is 2. The zero-order valence-electron chi connectivity index (χ0n) is 21.0. The predicted molar refractivity (Wildman–Crippen MR) is 146 cm³/mol. The van der Waals surface area contributed by atoms with E-state index in [-0.39, 0.29) is 11.8 Å². The van der Waals surface area contributed by atoms with Crippen LogP contribution in [0.1, 0.15) is 31.6 Å². The highest BCUT2D eigenvalue weighted by Gasteiger charge is 2.21. The first-order chi connectivity index (χ1) is 17.3. The molecule has 0 bridgehead atoms. The Hall–Kier alpha value is -3.51. The number of rotatable bonds is 7. The van der Waals surface area contributed by atoms with E-state index in [1.165, 1.54) is 6.08 Å². The number of nitrogens with one attached hydrogen (secondary N) is 1. The number of nitrogens with zero attached hydrogens (tertiary/aromatic N) is 2. The summed E-state index contributed by atoms with van der Waals surface area (Å²) in [7, 11) is 0. The lowest BCUT2D eigenvalue weighted by Gasteiger charge is -2.36. The first kappa shape index (κ1) is 25.6. The molecule has 2 heterocycles. The van der Waals surface area contributed by atoms with Crippen LogP contribution in [0.15, 0.2) is 65.1 Å². The summed E-state index contributed by atoms with van der Waals surface area (Å²) in [5, 5.41) is 3.56. The molecule has 3 aromatic rings. The van der Waals surface area contributed by atoms with Gasteiger partial charge in [0.1, 0.15) is 11.5 Å². The van der Waals surface area contributed by atoms with Gasteiger partial charge in [-0.05, 0) is 66.9 Å². The molecule has 4 rings (SSSR count). The van der Waals surface area contributed by atoms with E-state index in [9.17, 15) is 9.59 Å². The number of carbonyl (C=O) groups excluding carboxylic acids is 2. The molecular formula is C29H32ClN3O3. The molecule has 1 aliphatic rings. The number of anilines is 2. The maximum absolute atomic E-state index is 12.4. The van der Waals surface area contributed by atoms with E-state index in [4.69, 9.17) is 16.0 Å². The van der Waals surface area contributed by atoms with Gasteiger partial charge in [-0.3, -0.25) is 9.59 Å². The second kappa shape index (κ2) is 11.5. The number of piperazine rings is 1. The van der Waals surface area contributed by atoms with Crippen molar-refractivity contribution in [3.8, 4) is 11.3 Å². The van der Waals surface area contributed by atoms with Crippen LogP contribution >= 0.6 is 11.6 Å². The number of hydrogen-bond acceptors (Lipinski definition) is 4. The van der Waals surface area contributed by atoms with Crippen LogP contribution < -0.4 is 10.2 Å². The largest absolute Gasteiger partial charge is 0.457 e. The first-order valence-corrected chi connectivity index (χ1v) is 12.6. The summed E-state index contributed by atoms with van der Waals surface area (Å²) < 4.78 is 5.83. The average molecular weight is 506 g/mol. The summed E-state index contributed by atoms with van der Waals surface area (Å²) in [6.07, 6.45) is 3.70. The summed E-state index contributed by atoms with van der Waals surface area (Å²) in [5.41, 5.74) is 3.69. The van der Waals surface area contributed by atoms with Crippen LogP contribution in [-0.2, 0) is 9.59 Å². The van der Waals surface area contributed by atoms with Gasteiger partial charge in [-0.2, -0.15) is 0 Å². The summed E-state index contributed by atoms with van der Waals surface area (Å²) >= 11 is 6.21. The fourth-order valence-corrected chi connectivity index (χ4v) is 4.31. The molecule has 2 aromatic carbocycles. The molecule has 7 heteroatoms. The Morgan fingerprint density at radius 3 is 2.42 bits per heavy atom. The van der Waals surface area contributed by atoms with E-state index in [0.717, 1.165) is 43.0 Å². The van der Waals surface area contributed by atoms with Crippen molar-refractivity contribution in [3.63, 3.8) is 0 Å². The third-order valence-corrected chi connectivity index (χ3v) is 6.60. The summed E-state index contributed by atoms with van der Waals surface area (Å²) in [5.74, 6) is 1.65. The van der Waals surface area contributed by atoms with Crippen molar-refractivity contribution in [2.45, 2.75) is 27.2 Å². The Balaban J connectivity index is 1.28. The van der Waals surface area contributed by atoms with Gasteiger partial charge in [0.2, 0.25) is 11.8 Å².